The molecule has 0 bridgehead atoms. The Bertz CT molecular complexity index is 592. The van der Waals surface area contributed by atoms with Gasteiger partial charge in [-0.25, -0.2) is 0 Å². The molecule has 1 aromatic carbocycles. The third kappa shape index (κ3) is 3.58. The van der Waals surface area contributed by atoms with Crippen LogP contribution in [0, 0.1) is 0 Å². The van der Waals surface area contributed by atoms with E-state index in [2.05, 4.69) is 4.90 Å². The van der Waals surface area contributed by atoms with Crippen molar-refractivity contribution in [3.8, 4) is 0 Å². The Kier molecular flexibility index (Phi) is 5.33. The van der Waals surface area contributed by atoms with Gasteiger partial charge in [0.05, 0.1) is 11.1 Å². The smallest absolute Gasteiger partial charge is 0.261 e. The van der Waals surface area contributed by atoms with Crippen LogP contribution >= 0.6 is 24.0 Å². The molecule has 4 nitrogen and oxygen atoms in total. The highest BCUT2D eigenvalue weighted by Crippen LogP contribution is 2.23. The van der Waals surface area contributed by atoms with Gasteiger partial charge < -0.3 is 4.90 Å². The molecule has 6 heteroatoms. The fourth-order valence-corrected chi connectivity index (χ4v) is 4.29. The quantitative estimate of drug-likeness (QED) is 0.464. The van der Waals surface area contributed by atoms with E-state index < -0.39 is 0 Å². The van der Waals surface area contributed by atoms with E-state index >= 15 is 0 Å². The molecule has 3 rings (SSSR count). The second-order valence-corrected chi connectivity index (χ2v) is 7.55. The monoisotopic (exact) mass is 348 g/mol. The molecule has 1 saturated heterocycles. The van der Waals surface area contributed by atoms with E-state index in [-0.39, 0.29) is 11.8 Å². The van der Waals surface area contributed by atoms with Gasteiger partial charge in [-0.15, -0.1) is 0 Å². The van der Waals surface area contributed by atoms with Gasteiger partial charge in [-0.3, -0.25) is 14.5 Å². The Labute approximate surface area is 146 Å². The van der Waals surface area contributed by atoms with Crippen molar-refractivity contribution >= 4 is 40.1 Å². The molecule has 0 radical (unpaired) electrons. The topological polar surface area (TPSA) is 40.6 Å². The van der Waals surface area contributed by atoms with Crippen molar-refractivity contribution in [3.63, 3.8) is 0 Å². The third-order valence-electron chi connectivity index (χ3n) is 4.24. The molecule has 0 N–H and O–H groups in total. The van der Waals surface area contributed by atoms with Crippen LogP contribution < -0.4 is 0 Å². The van der Waals surface area contributed by atoms with Gasteiger partial charge in [0, 0.05) is 25.4 Å². The fourth-order valence-electron chi connectivity index (χ4n) is 2.96. The van der Waals surface area contributed by atoms with Crippen LogP contribution in [0.3, 0.4) is 0 Å². The first kappa shape index (κ1) is 16.5. The molecule has 2 heterocycles. The Morgan fingerprint density at radius 2 is 1.65 bits per heavy atom. The van der Waals surface area contributed by atoms with Crippen LogP contribution in [-0.2, 0) is 0 Å². The summed E-state index contributed by atoms with van der Waals surface area (Å²) in [6.45, 7) is 2.66. The van der Waals surface area contributed by atoms with E-state index in [1.807, 2.05) is 0 Å². The van der Waals surface area contributed by atoms with Crippen LogP contribution in [0.5, 0.6) is 0 Å². The van der Waals surface area contributed by atoms with Crippen molar-refractivity contribution < 1.29 is 9.59 Å². The Morgan fingerprint density at radius 3 is 2.26 bits per heavy atom. The highest BCUT2D eigenvalue weighted by molar-refractivity contribution is 8.22. The summed E-state index contributed by atoms with van der Waals surface area (Å²) in [5.41, 5.74) is 1.06. The SMILES string of the molecule is O=C1c2ccccc2C(=O)N1CCCCSC(=S)N1CCCC1. The van der Waals surface area contributed by atoms with E-state index in [1.165, 1.54) is 17.7 Å². The number of hydrogen-bond acceptors (Lipinski definition) is 4. The maximum Gasteiger partial charge on any atom is 0.261 e. The molecule has 0 saturated carbocycles. The molecule has 2 amide bonds. The number of carbonyl (C=O) groups excluding carboxylic acids is 2. The second kappa shape index (κ2) is 7.45. The molecule has 122 valence electrons. The van der Waals surface area contributed by atoms with Gasteiger partial charge in [0.25, 0.3) is 11.8 Å². The molecular formula is C17H20N2O2S2. The van der Waals surface area contributed by atoms with Crippen molar-refractivity contribution in [1.29, 1.82) is 0 Å². The number of benzene rings is 1. The van der Waals surface area contributed by atoms with Crippen molar-refractivity contribution in [1.82, 2.24) is 9.80 Å². The number of nitrogens with zero attached hydrogens (tertiary/aromatic N) is 2. The number of fused-ring (bicyclic) bond motifs is 1. The molecule has 1 aromatic rings. The average molecular weight is 348 g/mol. The normalized spacial score (nSPS) is 17.0. The summed E-state index contributed by atoms with van der Waals surface area (Å²) in [5, 5.41) is 0. The average Bonchev–Trinajstić information content (AvgIpc) is 3.18. The molecule has 2 aliphatic rings. The van der Waals surface area contributed by atoms with E-state index in [1.54, 1.807) is 36.0 Å². The first-order chi connectivity index (χ1) is 11.2. The maximum atomic E-state index is 12.2. The molecular weight excluding hydrogens is 328 g/mol. The number of rotatable bonds is 5. The number of hydrogen-bond donors (Lipinski definition) is 0. The Balaban J connectivity index is 1.41. The molecule has 23 heavy (non-hydrogen) atoms. The fraction of sp³-hybridized carbons (Fsp3) is 0.471. The van der Waals surface area contributed by atoms with Gasteiger partial charge >= 0.3 is 0 Å². The predicted octanol–water partition coefficient (Wildman–Crippen LogP) is 3.18. The third-order valence-corrected chi connectivity index (χ3v) is 5.85. The van der Waals surface area contributed by atoms with Crippen LogP contribution in [0.1, 0.15) is 46.4 Å². The van der Waals surface area contributed by atoms with Crippen molar-refractivity contribution in [2.45, 2.75) is 25.7 Å². The van der Waals surface area contributed by atoms with Gasteiger partial charge in [-0.05, 0) is 37.8 Å². The lowest BCUT2D eigenvalue weighted by Gasteiger charge is -2.17. The zero-order valence-electron chi connectivity index (χ0n) is 13.0. The van der Waals surface area contributed by atoms with Crippen molar-refractivity contribution in [3.05, 3.63) is 35.4 Å². The number of amides is 2. The van der Waals surface area contributed by atoms with Crippen molar-refractivity contribution in [2.24, 2.45) is 0 Å². The van der Waals surface area contributed by atoms with Crippen LogP contribution in [0.15, 0.2) is 24.3 Å². The zero-order chi connectivity index (χ0) is 16.2. The highest BCUT2D eigenvalue weighted by Gasteiger charge is 2.34. The highest BCUT2D eigenvalue weighted by atomic mass is 32.2. The molecule has 1 fully saturated rings. The lowest BCUT2D eigenvalue weighted by atomic mass is 10.1. The summed E-state index contributed by atoms with van der Waals surface area (Å²) in [5.74, 6) is 0.620. The van der Waals surface area contributed by atoms with Gasteiger partial charge in [0.1, 0.15) is 4.32 Å². The van der Waals surface area contributed by atoms with Gasteiger partial charge in [-0.1, -0.05) is 36.1 Å². The lowest BCUT2D eigenvalue weighted by molar-refractivity contribution is 0.0652. The van der Waals surface area contributed by atoms with Crippen molar-refractivity contribution in [2.75, 3.05) is 25.4 Å². The van der Waals surface area contributed by atoms with Crippen LogP contribution in [0.2, 0.25) is 0 Å². The minimum absolute atomic E-state index is 0.161. The summed E-state index contributed by atoms with van der Waals surface area (Å²) in [7, 11) is 0. The standard InChI is InChI=1S/C17H20N2O2S2/c20-15-13-7-1-2-8-14(13)16(21)19(15)11-5-6-12-23-17(22)18-9-3-4-10-18/h1-2,7-8H,3-6,9-12H2. The van der Waals surface area contributed by atoms with E-state index in [0.29, 0.717) is 17.7 Å². The summed E-state index contributed by atoms with van der Waals surface area (Å²) in [6, 6.07) is 7.03. The minimum atomic E-state index is -0.161. The van der Waals surface area contributed by atoms with Gasteiger partial charge in [-0.2, -0.15) is 0 Å². The molecule has 0 aromatic heterocycles. The molecule has 2 aliphatic heterocycles. The maximum absolute atomic E-state index is 12.2. The summed E-state index contributed by atoms with van der Waals surface area (Å²) >= 11 is 7.14. The zero-order valence-corrected chi connectivity index (χ0v) is 14.6. The number of thiocarbonyl (C=S) groups is 1. The number of imide groups is 1. The molecule has 0 unspecified atom stereocenters. The number of thioether (sulfide) groups is 1. The summed E-state index contributed by atoms with van der Waals surface area (Å²) < 4.78 is 0.989. The van der Waals surface area contributed by atoms with Crippen LogP contribution in [-0.4, -0.2) is 51.3 Å². The first-order valence-electron chi connectivity index (χ1n) is 8.05. The predicted molar refractivity (Wildman–Crippen MR) is 96.9 cm³/mol. The van der Waals surface area contributed by atoms with Crippen LogP contribution in [0.25, 0.3) is 0 Å². The van der Waals surface area contributed by atoms with Gasteiger partial charge in [0.15, 0.2) is 0 Å². The summed E-state index contributed by atoms with van der Waals surface area (Å²) in [6.07, 6.45) is 4.24. The van der Waals surface area contributed by atoms with E-state index in [9.17, 15) is 9.59 Å². The van der Waals surface area contributed by atoms with Gasteiger partial charge in [0.2, 0.25) is 0 Å². The number of unbranched alkanes of at least 4 members (excludes halogenated alkanes) is 1. The second-order valence-electron chi connectivity index (χ2n) is 5.82. The lowest BCUT2D eigenvalue weighted by Crippen LogP contribution is -2.30. The van der Waals surface area contributed by atoms with Crippen LogP contribution in [0.4, 0.5) is 0 Å². The van der Waals surface area contributed by atoms with E-state index in [4.69, 9.17) is 12.2 Å². The molecule has 0 spiro atoms. The number of likely N-dealkylation sites (tertiary alicyclic amines) is 1. The first-order valence-corrected chi connectivity index (χ1v) is 9.45. The number of carbonyl (C=O) groups is 2. The largest absolute Gasteiger partial charge is 0.358 e. The molecule has 0 aliphatic carbocycles. The minimum Gasteiger partial charge on any atom is -0.358 e. The van der Waals surface area contributed by atoms with E-state index in [0.717, 1.165) is 36.0 Å². The Morgan fingerprint density at radius 1 is 1.04 bits per heavy atom. The summed E-state index contributed by atoms with van der Waals surface area (Å²) in [4.78, 5) is 28.1. The Hall–Kier alpha value is -1.40. The molecule has 0 atom stereocenters.